The molecule has 3 aromatic carbocycles. The van der Waals surface area contributed by atoms with Gasteiger partial charge in [-0.05, 0) is 47.4 Å². The van der Waals surface area contributed by atoms with Crippen LogP contribution < -0.4 is 0 Å². The van der Waals surface area contributed by atoms with Gasteiger partial charge in [-0.1, -0.05) is 48.5 Å². The molecule has 0 atom stereocenters. The van der Waals surface area contributed by atoms with Gasteiger partial charge in [0.1, 0.15) is 5.82 Å². The van der Waals surface area contributed by atoms with E-state index in [1.54, 1.807) is 18.2 Å². The van der Waals surface area contributed by atoms with E-state index in [1.165, 1.54) is 5.56 Å². The van der Waals surface area contributed by atoms with Gasteiger partial charge in [0.15, 0.2) is 0 Å². The van der Waals surface area contributed by atoms with Gasteiger partial charge in [0.05, 0.1) is 16.6 Å². The number of imidazole rings is 1. The van der Waals surface area contributed by atoms with Crippen LogP contribution in [-0.4, -0.2) is 21.0 Å². The first-order chi connectivity index (χ1) is 12.7. The van der Waals surface area contributed by atoms with Gasteiger partial charge >= 0.3 is 5.97 Å². The molecular weight excluding hydrogens is 324 g/mol. The normalized spacial score (nSPS) is 10.9. The summed E-state index contributed by atoms with van der Waals surface area (Å²) < 4.78 is 0. The lowest BCUT2D eigenvalue weighted by molar-refractivity contribution is 0.0697. The minimum Gasteiger partial charge on any atom is -0.478 e. The Morgan fingerprint density at radius 1 is 0.885 bits per heavy atom. The van der Waals surface area contributed by atoms with Crippen molar-refractivity contribution in [2.24, 2.45) is 0 Å². The summed E-state index contributed by atoms with van der Waals surface area (Å²) >= 11 is 0. The lowest BCUT2D eigenvalue weighted by Gasteiger charge is -2.05. The molecule has 4 rings (SSSR count). The van der Waals surface area contributed by atoms with Crippen LogP contribution in [0.1, 0.15) is 21.7 Å². The average molecular weight is 342 g/mol. The number of aromatic amines is 1. The Morgan fingerprint density at radius 3 is 2.46 bits per heavy atom. The van der Waals surface area contributed by atoms with E-state index in [2.05, 4.69) is 22.1 Å². The number of hydrogen-bond donors (Lipinski definition) is 2. The molecule has 1 aromatic heterocycles. The molecule has 0 unspecified atom stereocenters. The van der Waals surface area contributed by atoms with Crippen LogP contribution in [0.15, 0.2) is 72.8 Å². The number of nitrogens with zero attached hydrogens (tertiary/aromatic N) is 1. The molecule has 128 valence electrons. The quantitative estimate of drug-likeness (QED) is 0.552. The topological polar surface area (TPSA) is 66.0 Å². The molecule has 26 heavy (non-hydrogen) atoms. The zero-order chi connectivity index (χ0) is 17.9. The molecule has 0 aliphatic carbocycles. The number of aromatic carboxylic acids is 1. The third kappa shape index (κ3) is 3.35. The third-order valence-electron chi connectivity index (χ3n) is 4.49. The Morgan fingerprint density at radius 2 is 1.69 bits per heavy atom. The van der Waals surface area contributed by atoms with E-state index < -0.39 is 5.97 Å². The molecule has 4 aromatic rings. The Labute approximate surface area is 151 Å². The highest BCUT2D eigenvalue weighted by atomic mass is 16.4. The molecule has 0 aliphatic heterocycles. The Hall–Kier alpha value is -3.40. The molecule has 2 N–H and O–H groups in total. The van der Waals surface area contributed by atoms with E-state index in [0.717, 1.165) is 40.8 Å². The fourth-order valence-electron chi connectivity index (χ4n) is 3.08. The molecule has 0 radical (unpaired) electrons. The van der Waals surface area contributed by atoms with Gasteiger partial charge in [-0.2, -0.15) is 0 Å². The van der Waals surface area contributed by atoms with Crippen molar-refractivity contribution in [3.05, 3.63) is 89.7 Å². The predicted octanol–water partition coefficient (Wildman–Crippen LogP) is 4.71. The monoisotopic (exact) mass is 342 g/mol. The summed E-state index contributed by atoms with van der Waals surface area (Å²) in [5.74, 6) is 0.0822. The number of carboxylic acids is 1. The van der Waals surface area contributed by atoms with Crippen molar-refractivity contribution >= 4 is 17.0 Å². The van der Waals surface area contributed by atoms with Gasteiger partial charge in [-0.3, -0.25) is 0 Å². The lowest BCUT2D eigenvalue weighted by atomic mass is 10.0. The van der Waals surface area contributed by atoms with Crippen LogP contribution in [-0.2, 0) is 12.8 Å². The summed E-state index contributed by atoms with van der Waals surface area (Å²) in [5, 5.41) is 9.12. The lowest BCUT2D eigenvalue weighted by Crippen LogP contribution is -1.96. The van der Waals surface area contributed by atoms with Crippen molar-refractivity contribution in [1.29, 1.82) is 0 Å². The molecule has 0 saturated carbocycles. The van der Waals surface area contributed by atoms with Crippen LogP contribution in [0.25, 0.3) is 22.2 Å². The first-order valence-corrected chi connectivity index (χ1v) is 8.55. The maximum absolute atomic E-state index is 11.1. The summed E-state index contributed by atoms with van der Waals surface area (Å²) in [6, 6.07) is 23.3. The van der Waals surface area contributed by atoms with Crippen LogP contribution in [0.2, 0.25) is 0 Å². The fourth-order valence-corrected chi connectivity index (χ4v) is 3.08. The van der Waals surface area contributed by atoms with Crippen molar-refractivity contribution in [3.8, 4) is 11.1 Å². The van der Waals surface area contributed by atoms with Gasteiger partial charge < -0.3 is 10.1 Å². The van der Waals surface area contributed by atoms with Crippen LogP contribution in [0.3, 0.4) is 0 Å². The molecule has 0 spiro atoms. The predicted molar refractivity (Wildman–Crippen MR) is 102 cm³/mol. The number of aryl methyl sites for hydroxylation is 2. The molecule has 0 bridgehead atoms. The number of fused-ring (bicyclic) bond motifs is 1. The summed E-state index contributed by atoms with van der Waals surface area (Å²) in [7, 11) is 0. The van der Waals surface area contributed by atoms with E-state index >= 15 is 0 Å². The van der Waals surface area contributed by atoms with Crippen molar-refractivity contribution in [2.45, 2.75) is 12.8 Å². The Balaban J connectivity index is 1.47. The number of H-pyrrole nitrogens is 1. The Kier molecular flexibility index (Phi) is 4.23. The van der Waals surface area contributed by atoms with E-state index in [9.17, 15) is 4.79 Å². The van der Waals surface area contributed by atoms with Crippen molar-refractivity contribution in [2.75, 3.05) is 0 Å². The standard InChI is InChI=1S/C22H18N2O2/c25-22(26)18-5-3-4-17(14-18)16-11-8-15(9-12-16)10-13-21-23-19-6-1-2-7-20(19)24-21/h1-9,11-12,14H,10,13H2,(H,23,24)(H,25,26). The smallest absolute Gasteiger partial charge is 0.335 e. The van der Waals surface area contributed by atoms with Gasteiger partial charge in [0.25, 0.3) is 0 Å². The number of benzene rings is 3. The van der Waals surface area contributed by atoms with Gasteiger partial charge in [0.2, 0.25) is 0 Å². The van der Waals surface area contributed by atoms with E-state index in [-0.39, 0.29) is 0 Å². The highest BCUT2D eigenvalue weighted by Gasteiger charge is 2.06. The first kappa shape index (κ1) is 16.1. The second-order valence-electron chi connectivity index (χ2n) is 6.28. The molecule has 4 heteroatoms. The zero-order valence-electron chi connectivity index (χ0n) is 14.1. The number of para-hydroxylation sites is 2. The maximum Gasteiger partial charge on any atom is 0.335 e. The second kappa shape index (κ2) is 6.84. The van der Waals surface area contributed by atoms with Crippen LogP contribution in [0.5, 0.6) is 0 Å². The summed E-state index contributed by atoms with van der Waals surface area (Å²) in [4.78, 5) is 19.1. The molecule has 0 fully saturated rings. The van der Waals surface area contributed by atoms with Gasteiger partial charge in [0, 0.05) is 6.42 Å². The summed E-state index contributed by atoms with van der Waals surface area (Å²) in [6.45, 7) is 0. The summed E-state index contributed by atoms with van der Waals surface area (Å²) in [6.07, 6.45) is 1.75. The maximum atomic E-state index is 11.1. The highest BCUT2D eigenvalue weighted by molar-refractivity contribution is 5.89. The SMILES string of the molecule is O=C(O)c1cccc(-c2ccc(CCc3nc4ccccc4[nH]3)cc2)c1. The second-order valence-corrected chi connectivity index (χ2v) is 6.28. The number of carboxylic acid groups (broad SMARTS) is 1. The van der Waals surface area contributed by atoms with E-state index in [0.29, 0.717) is 5.56 Å². The van der Waals surface area contributed by atoms with Crippen molar-refractivity contribution < 1.29 is 9.90 Å². The molecule has 1 heterocycles. The number of rotatable bonds is 5. The minimum absolute atomic E-state index is 0.302. The first-order valence-electron chi connectivity index (χ1n) is 8.55. The molecule has 0 amide bonds. The fraction of sp³-hybridized carbons (Fsp3) is 0.0909. The van der Waals surface area contributed by atoms with E-state index in [1.807, 2.05) is 42.5 Å². The highest BCUT2D eigenvalue weighted by Crippen LogP contribution is 2.22. The zero-order valence-corrected chi connectivity index (χ0v) is 14.1. The molecule has 0 aliphatic rings. The largest absolute Gasteiger partial charge is 0.478 e. The third-order valence-corrected chi connectivity index (χ3v) is 4.49. The van der Waals surface area contributed by atoms with Crippen LogP contribution in [0, 0.1) is 0 Å². The van der Waals surface area contributed by atoms with Gasteiger partial charge in [-0.15, -0.1) is 0 Å². The average Bonchev–Trinajstić information content (AvgIpc) is 3.10. The van der Waals surface area contributed by atoms with Gasteiger partial charge in [-0.25, -0.2) is 9.78 Å². The van der Waals surface area contributed by atoms with Crippen LogP contribution in [0.4, 0.5) is 0 Å². The number of aromatic nitrogens is 2. The molecule has 0 saturated heterocycles. The van der Waals surface area contributed by atoms with Crippen molar-refractivity contribution in [1.82, 2.24) is 9.97 Å². The molecule has 4 nitrogen and oxygen atoms in total. The number of hydrogen-bond acceptors (Lipinski definition) is 2. The number of nitrogens with one attached hydrogen (secondary N) is 1. The number of carbonyl (C=O) groups is 1. The summed E-state index contributed by atoms with van der Waals surface area (Å²) in [5.41, 5.74) is 5.52. The Bertz CT molecular complexity index is 1030. The van der Waals surface area contributed by atoms with Crippen LogP contribution >= 0.6 is 0 Å². The van der Waals surface area contributed by atoms with E-state index in [4.69, 9.17) is 5.11 Å². The van der Waals surface area contributed by atoms with Crippen molar-refractivity contribution in [3.63, 3.8) is 0 Å². The molecular formula is C22H18N2O2. The minimum atomic E-state index is -0.908.